The second-order valence-electron chi connectivity index (χ2n) is 5.41. The molecular formula is C14H18Cl2N2O. The van der Waals surface area contributed by atoms with E-state index in [0.717, 1.165) is 25.2 Å². The van der Waals surface area contributed by atoms with Gasteiger partial charge in [-0.3, -0.25) is 4.79 Å². The summed E-state index contributed by atoms with van der Waals surface area (Å²) in [4.78, 5) is 16.0. The van der Waals surface area contributed by atoms with Gasteiger partial charge in [-0.05, 0) is 43.2 Å². The van der Waals surface area contributed by atoms with Crippen LogP contribution in [-0.2, 0) is 0 Å². The van der Waals surface area contributed by atoms with Crippen molar-refractivity contribution in [3.63, 3.8) is 0 Å². The quantitative estimate of drug-likeness (QED) is 0.841. The van der Waals surface area contributed by atoms with Crippen LogP contribution in [0.15, 0.2) is 12.1 Å². The maximum absolute atomic E-state index is 12.2. The van der Waals surface area contributed by atoms with Crippen molar-refractivity contribution >= 4 is 29.1 Å². The molecule has 0 spiro atoms. The number of carbonyl (C=O) groups is 1. The molecule has 1 aromatic heterocycles. The smallest absolute Gasteiger partial charge is 0.254 e. The summed E-state index contributed by atoms with van der Waals surface area (Å²) in [5.41, 5.74) is 0.386. The minimum absolute atomic E-state index is 0.155. The van der Waals surface area contributed by atoms with Crippen LogP contribution in [0, 0.1) is 11.8 Å². The highest BCUT2D eigenvalue weighted by atomic mass is 35.5. The number of halogens is 2. The van der Waals surface area contributed by atoms with Crippen molar-refractivity contribution in [3.8, 4) is 0 Å². The second kappa shape index (κ2) is 6.10. The molecule has 0 aliphatic heterocycles. The molecule has 1 N–H and O–H groups in total. The van der Waals surface area contributed by atoms with Crippen molar-refractivity contribution in [2.45, 2.75) is 39.2 Å². The number of pyridine rings is 1. The maximum Gasteiger partial charge on any atom is 0.254 e. The summed E-state index contributed by atoms with van der Waals surface area (Å²) in [7, 11) is 0. The average Bonchev–Trinajstić information content (AvgIpc) is 2.33. The molecule has 1 aliphatic carbocycles. The van der Waals surface area contributed by atoms with Gasteiger partial charge in [0.05, 0.1) is 5.56 Å². The molecule has 1 amide bonds. The third-order valence-electron chi connectivity index (χ3n) is 3.99. The van der Waals surface area contributed by atoms with Gasteiger partial charge in [-0.25, -0.2) is 4.98 Å². The summed E-state index contributed by atoms with van der Waals surface area (Å²) in [6, 6.07) is 3.42. The lowest BCUT2D eigenvalue weighted by molar-refractivity contribution is 0.0910. The van der Waals surface area contributed by atoms with E-state index in [-0.39, 0.29) is 17.1 Å². The van der Waals surface area contributed by atoms with E-state index < -0.39 is 0 Å². The summed E-state index contributed by atoms with van der Waals surface area (Å²) < 4.78 is 0. The minimum Gasteiger partial charge on any atom is -0.349 e. The number of carbonyl (C=O) groups excluding carboxylic acids is 1. The molecule has 1 heterocycles. The lowest BCUT2D eigenvalue weighted by Crippen LogP contribution is -2.40. The maximum atomic E-state index is 12.2. The Balaban J connectivity index is 2.01. The number of hydrogen-bond donors (Lipinski definition) is 1. The molecule has 1 aliphatic rings. The van der Waals surface area contributed by atoms with Crippen LogP contribution >= 0.6 is 23.2 Å². The van der Waals surface area contributed by atoms with Gasteiger partial charge in [-0.15, -0.1) is 0 Å². The zero-order chi connectivity index (χ0) is 14.0. The van der Waals surface area contributed by atoms with Crippen molar-refractivity contribution in [2.24, 2.45) is 11.8 Å². The molecule has 1 fully saturated rings. The lowest BCUT2D eigenvalue weighted by atomic mass is 9.79. The first kappa shape index (κ1) is 14.6. The Kier molecular flexibility index (Phi) is 4.69. The number of aromatic nitrogens is 1. The molecule has 2 rings (SSSR count). The molecule has 1 aromatic rings. The predicted molar refractivity (Wildman–Crippen MR) is 77.7 cm³/mol. The molecule has 1 saturated carbocycles. The van der Waals surface area contributed by atoms with Gasteiger partial charge in [0.25, 0.3) is 5.91 Å². The summed E-state index contributed by atoms with van der Waals surface area (Å²) in [5, 5.41) is 3.49. The van der Waals surface area contributed by atoms with Crippen molar-refractivity contribution in [3.05, 3.63) is 28.0 Å². The molecule has 3 atom stereocenters. The number of nitrogens with one attached hydrogen (secondary N) is 1. The average molecular weight is 301 g/mol. The third kappa shape index (κ3) is 3.61. The van der Waals surface area contributed by atoms with Crippen LogP contribution in [0.4, 0.5) is 0 Å². The molecule has 0 radical (unpaired) electrons. The molecule has 0 bridgehead atoms. The van der Waals surface area contributed by atoms with Gasteiger partial charge < -0.3 is 5.32 Å². The molecule has 19 heavy (non-hydrogen) atoms. The van der Waals surface area contributed by atoms with Crippen LogP contribution in [0.25, 0.3) is 0 Å². The van der Waals surface area contributed by atoms with Crippen molar-refractivity contribution in [1.82, 2.24) is 10.3 Å². The van der Waals surface area contributed by atoms with Crippen LogP contribution in [-0.4, -0.2) is 16.9 Å². The van der Waals surface area contributed by atoms with Gasteiger partial charge >= 0.3 is 0 Å². The monoisotopic (exact) mass is 300 g/mol. The van der Waals surface area contributed by atoms with Gasteiger partial charge in [0.2, 0.25) is 0 Å². The minimum atomic E-state index is -0.166. The highest BCUT2D eigenvalue weighted by Gasteiger charge is 2.26. The molecule has 104 valence electrons. The highest BCUT2D eigenvalue weighted by Crippen LogP contribution is 2.29. The van der Waals surface area contributed by atoms with E-state index in [0.29, 0.717) is 16.6 Å². The van der Waals surface area contributed by atoms with Crippen molar-refractivity contribution in [2.75, 3.05) is 0 Å². The third-order valence-corrected chi connectivity index (χ3v) is 4.49. The first-order valence-electron chi connectivity index (χ1n) is 6.60. The Morgan fingerprint density at radius 2 is 2.00 bits per heavy atom. The zero-order valence-corrected chi connectivity index (χ0v) is 12.6. The molecular weight excluding hydrogens is 283 g/mol. The highest BCUT2D eigenvalue weighted by molar-refractivity contribution is 6.34. The van der Waals surface area contributed by atoms with Crippen molar-refractivity contribution in [1.29, 1.82) is 0 Å². The SMILES string of the molecule is CC1CCC(NC(=O)c2ccc(Cl)nc2Cl)CC1C. The Morgan fingerprint density at radius 1 is 1.26 bits per heavy atom. The van der Waals surface area contributed by atoms with E-state index in [9.17, 15) is 4.79 Å². The Bertz CT molecular complexity index is 479. The van der Waals surface area contributed by atoms with E-state index in [4.69, 9.17) is 23.2 Å². The predicted octanol–water partition coefficient (Wildman–Crippen LogP) is 3.94. The van der Waals surface area contributed by atoms with Gasteiger partial charge in [0.1, 0.15) is 10.3 Å². The van der Waals surface area contributed by atoms with Crippen LogP contribution in [0.3, 0.4) is 0 Å². The van der Waals surface area contributed by atoms with Gasteiger partial charge in [0, 0.05) is 6.04 Å². The Labute approximate surface area is 123 Å². The fourth-order valence-corrected chi connectivity index (χ4v) is 2.95. The van der Waals surface area contributed by atoms with Gasteiger partial charge in [-0.2, -0.15) is 0 Å². The van der Waals surface area contributed by atoms with Crippen LogP contribution in [0.2, 0.25) is 10.3 Å². The molecule has 0 saturated heterocycles. The van der Waals surface area contributed by atoms with Crippen LogP contribution in [0.1, 0.15) is 43.5 Å². The second-order valence-corrected chi connectivity index (χ2v) is 6.16. The van der Waals surface area contributed by atoms with E-state index in [1.165, 1.54) is 0 Å². The lowest BCUT2D eigenvalue weighted by Gasteiger charge is -2.32. The van der Waals surface area contributed by atoms with E-state index in [1.807, 2.05) is 0 Å². The van der Waals surface area contributed by atoms with Gasteiger partial charge in [-0.1, -0.05) is 37.0 Å². The number of rotatable bonds is 2. The van der Waals surface area contributed by atoms with Crippen molar-refractivity contribution < 1.29 is 4.79 Å². The summed E-state index contributed by atoms with van der Waals surface area (Å²) in [6.45, 7) is 4.50. The molecule has 3 unspecified atom stereocenters. The standard InChI is InChI=1S/C14H18Cl2N2O/c1-8-3-4-10(7-9(8)2)17-14(19)11-5-6-12(15)18-13(11)16/h5-6,8-10H,3-4,7H2,1-2H3,(H,17,19). The first-order valence-corrected chi connectivity index (χ1v) is 7.36. The van der Waals surface area contributed by atoms with Gasteiger partial charge in [0.15, 0.2) is 0 Å². The fraction of sp³-hybridized carbons (Fsp3) is 0.571. The molecule has 0 aromatic carbocycles. The topological polar surface area (TPSA) is 42.0 Å². The summed E-state index contributed by atoms with van der Waals surface area (Å²) in [5.74, 6) is 1.20. The molecule has 3 nitrogen and oxygen atoms in total. The summed E-state index contributed by atoms with van der Waals surface area (Å²) in [6.07, 6.45) is 3.19. The summed E-state index contributed by atoms with van der Waals surface area (Å²) >= 11 is 11.7. The molecule has 5 heteroatoms. The normalized spacial score (nSPS) is 27.1. The van der Waals surface area contributed by atoms with Crippen LogP contribution < -0.4 is 5.32 Å². The van der Waals surface area contributed by atoms with E-state index in [2.05, 4.69) is 24.1 Å². The fourth-order valence-electron chi connectivity index (χ4n) is 2.52. The Morgan fingerprint density at radius 3 is 2.63 bits per heavy atom. The number of hydrogen-bond acceptors (Lipinski definition) is 2. The first-order chi connectivity index (χ1) is 8.97. The zero-order valence-electron chi connectivity index (χ0n) is 11.1. The van der Waals surface area contributed by atoms with E-state index >= 15 is 0 Å². The number of nitrogens with zero attached hydrogens (tertiary/aromatic N) is 1. The van der Waals surface area contributed by atoms with Crippen LogP contribution in [0.5, 0.6) is 0 Å². The van der Waals surface area contributed by atoms with E-state index in [1.54, 1.807) is 12.1 Å². The Hall–Kier alpha value is -0.800. The largest absolute Gasteiger partial charge is 0.349 e. The number of amides is 1.